The van der Waals surface area contributed by atoms with E-state index in [2.05, 4.69) is 10.3 Å². The van der Waals surface area contributed by atoms with Crippen LogP contribution < -0.4 is 14.8 Å². The number of nitrogens with zero attached hydrogens (tertiary/aromatic N) is 2. The number of likely N-dealkylation sites (N-methyl/N-ethyl adjacent to an activating group) is 1. The molecule has 1 aromatic carbocycles. The molecule has 0 radical (unpaired) electrons. The maximum Gasteiger partial charge on any atom is 0.123 e. The fourth-order valence-electron chi connectivity index (χ4n) is 2.06. The zero-order valence-electron chi connectivity index (χ0n) is 11.5. The van der Waals surface area contributed by atoms with Crippen molar-refractivity contribution in [1.29, 1.82) is 0 Å². The van der Waals surface area contributed by atoms with Crippen LogP contribution in [0, 0.1) is 0 Å². The fraction of sp³-hybridized carbons (Fsp3) is 0.357. The van der Waals surface area contributed by atoms with Gasteiger partial charge in [-0.2, -0.15) is 0 Å². The quantitative estimate of drug-likeness (QED) is 0.862. The van der Waals surface area contributed by atoms with E-state index in [1.165, 1.54) is 0 Å². The Morgan fingerprint density at radius 1 is 1.32 bits per heavy atom. The van der Waals surface area contributed by atoms with Crippen LogP contribution >= 0.6 is 0 Å². The lowest BCUT2D eigenvalue weighted by Gasteiger charge is -2.20. The van der Waals surface area contributed by atoms with Crippen molar-refractivity contribution < 1.29 is 9.47 Å². The van der Waals surface area contributed by atoms with Gasteiger partial charge in [0.05, 0.1) is 26.6 Å². The van der Waals surface area contributed by atoms with Crippen molar-refractivity contribution in [2.24, 2.45) is 0 Å². The molecule has 5 nitrogen and oxygen atoms in total. The molecule has 0 saturated heterocycles. The summed E-state index contributed by atoms with van der Waals surface area (Å²) in [5.74, 6) is 1.67. The number of imidazole rings is 1. The molecule has 0 saturated carbocycles. The number of rotatable bonds is 6. The highest BCUT2D eigenvalue weighted by molar-refractivity contribution is 5.42. The van der Waals surface area contributed by atoms with Crippen molar-refractivity contribution in [2.45, 2.75) is 12.6 Å². The Bertz CT molecular complexity index is 511. The van der Waals surface area contributed by atoms with Crippen molar-refractivity contribution in [3.05, 3.63) is 42.5 Å². The number of methoxy groups -OCH3 is 2. The predicted octanol–water partition coefficient (Wildman–Crippen LogP) is 1.86. The Kier molecular flexibility index (Phi) is 4.41. The minimum atomic E-state index is 0.124. The van der Waals surface area contributed by atoms with Gasteiger partial charge in [0.2, 0.25) is 0 Å². The average molecular weight is 261 g/mol. The van der Waals surface area contributed by atoms with E-state index in [-0.39, 0.29) is 6.04 Å². The second kappa shape index (κ2) is 6.24. The zero-order chi connectivity index (χ0) is 13.7. The van der Waals surface area contributed by atoms with Gasteiger partial charge < -0.3 is 19.4 Å². The predicted molar refractivity (Wildman–Crippen MR) is 73.6 cm³/mol. The lowest BCUT2D eigenvalue weighted by atomic mass is 10.1. The summed E-state index contributed by atoms with van der Waals surface area (Å²) in [6.07, 6.45) is 5.52. The normalized spacial score (nSPS) is 12.2. The maximum absolute atomic E-state index is 5.43. The van der Waals surface area contributed by atoms with Crippen LogP contribution in [0.5, 0.6) is 11.5 Å². The van der Waals surface area contributed by atoms with Crippen LogP contribution in [-0.4, -0.2) is 30.8 Å². The lowest BCUT2D eigenvalue weighted by Crippen LogP contribution is -2.22. The van der Waals surface area contributed by atoms with Gasteiger partial charge in [0, 0.05) is 24.5 Å². The van der Waals surface area contributed by atoms with E-state index in [4.69, 9.17) is 9.47 Å². The second-order valence-corrected chi connectivity index (χ2v) is 4.21. The van der Waals surface area contributed by atoms with E-state index >= 15 is 0 Å². The van der Waals surface area contributed by atoms with Crippen LogP contribution in [0.4, 0.5) is 0 Å². The Hall–Kier alpha value is -2.01. The zero-order valence-corrected chi connectivity index (χ0v) is 11.5. The van der Waals surface area contributed by atoms with Crippen LogP contribution in [0.25, 0.3) is 0 Å². The molecule has 1 unspecified atom stereocenters. The highest BCUT2D eigenvalue weighted by atomic mass is 16.5. The first-order chi connectivity index (χ1) is 9.28. The molecule has 102 valence electrons. The van der Waals surface area contributed by atoms with E-state index < -0.39 is 0 Å². The number of benzene rings is 1. The standard InChI is InChI=1S/C14H19N3O2/c1-15-13(9-17-7-6-16-10-17)12-8-11(18-2)4-5-14(12)19-3/h4-8,10,13,15H,9H2,1-3H3. The monoisotopic (exact) mass is 261 g/mol. The van der Waals surface area contributed by atoms with E-state index in [1.807, 2.05) is 36.0 Å². The van der Waals surface area contributed by atoms with Crippen molar-refractivity contribution in [2.75, 3.05) is 21.3 Å². The van der Waals surface area contributed by atoms with E-state index in [0.29, 0.717) is 0 Å². The molecule has 2 rings (SSSR count). The summed E-state index contributed by atoms with van der Waals surface area (Å²) in [6.45, 7) is 0.778. The van der Waals surface area contributed by atoms with Gasteiger partial charge in [0.1, 0.15) is 11.5 Å². The SMILES string of the molecule is CNC(Cn1ccnc1)c1cc(OC)ccc1OC. The molecular weight excluding hydrogens is 242 g/mol. The number of hydrogen-bond acceptors (Lipinski definition) is 4. The Balaban J connectivity index is 2.30. The Labute approximate surface area is 113 Å². The molecule has 1 heterocycles. The molecule has 19 heavy (non-hydrogen) atoms. The summed E-state index contributed by atoms with van der Waals surface area (Å²) < 4.78 is 12.7. The molecule has 1 atom stereocenters. The summed E-state index contributed by atoms with van der Waals surface area (Å²) in [6, 6.07) is 5.94. The lowest BCUT2D eigenvalue weighted by molar-refractivity contribution is 0.385. The molecule has 0 amide bonds. The molecule has 0 fully saturated rings. The van der Waals surface area contributed by atoms with Gasteiger partial charge >= 0.3 is 0 Å². The summed E-state index contributed by atoms with van der Waals surface area (Å²) in [7, 11) is 5.27. The summed E-state index contributed by atoms with van der Waals surface area (Å²) in [5.41, 5.74) is 1.07. The molecule has 0 aliphatic rings. The third-order valence-electron chi connectivity index (χ3n) is 3.11. The van der Waals surface area contributed by atoms with Gasteiger partial charge in [-0.25, -0.2) is 4.98 Å². The average Bonchev–Trinajstić information content (AvgIpc) is 2.97. The molecular formula is C14H19N3O2. The fourth-order valence-corrected chi connectivity index (χ4v) is 2.06. The number of aromatic nitrogens is 2. The van der Waals surface area contributed by atoms with Gasteiger partial charge in [-0.1, -0.05) is 0 Å². The smallest absolute Gasteiger partial charge is 0.123 e. The minimum absolute atomic E-state index is 0.124. The molecule has 0 aliphatic heterocycles. The maximum atomic E-state index is 5.43. The van der Waals surface area contributed by atoms with E-state index in [9.17, 15) is 0 Å². The van der Waals surface area contributed by atoms with E-state index in [0.717, 1.165) is 23.6 Å². The molecule has 2 aromatic rings. The summed E-state index contributed by atoms with van der Waals surface area (Å²) >= 11 is 0. The number of nitrogens with one attached hydrogen (secondary N) is 1. The summed E-state index contributed by atoms with van der Waals surface area (Å²) in [5, 5.41) is 3.30. The summed E-state index contributed by atoms with van der Waals surface area (Å²) in [4.78, 5) is 4.06. The first-order valence-corrected chi connectivity index (χ1v) is 6.13. The minimum Gasteiger partial charge on any atom is -0.497 e. The van der Waals surface area contributed by atoms with Gasteiger partial charge in [0.25, 0.3) is 0 Å². The van der Waals surface area contributed by atoms with Crippen molar-refractivity contribution in [1.82, 2.24) is 14.9 Å². The van der Waals surface area contributed by atoms with Crippen LogP contribution in [-0.2, 0) is 6.54 Å². The number of hydrogen-bond donors (Lipinski definition) is 1. The Morgan fingerprint density at radius 2 is 2.16 bits per heavy atom. The number of ether oxygens (including phenoxy) is 2. The topological polar surface area (TPSA) is 48.3 Å². The molecule has 1 aromatic heterocycles. The molecule has 0 bridgehead atoms. The highest BCUT2D eigenvalue weighted by Gasteiger charge is 2.16. The first kappa shape index (κ1) is 13.4. The van der Waals surface area contributed by atoms with E-state index in [1.54, 1.807) is 26.7 Å². The second-order valence-electron chi connectivity index (χ2n) is 4.21. The molecule has 0 aliphatic carbocycles. The van der Waals surface area contributed by atoms with Crippen molar-refractivity contribution in [3.63, 3.8) is 0 Å². The molecule has 5 heteroatoms. The molecule has 0 spiro atoms. The third-order valence-corrected chi connectivity index (χ3v) is 3.11. The van der Waals surface area contributed by atoms with Gasteiger partial charge in [-0.15, -0.1) is 0 Å². The first-order valence-electron chi connectivity index (χ1n) is 6.13. The van der Waals surface area contributed by atoms with Crippen LogP contribution in [0.2, 0.25) is 0 Å². The highest BCUT2D eigenvalue weighted by Crippen LogP contribution is 2.30. The van der Waals surface area contributed by atoms with Crippen molar-refractivity contribution in [3.8, 4) is 11.5 Å². The Morgan fingerprint density at radius 3 is 2.74 bits per heavy atom. The third kappa shape index (κ3) is 3.06. The van der Waals surface area contributed by atoms with Crippen molar-refractivity contribution >= 4 is 0 Å². The van der Waals surface area contributed by atoms with Crippen LogP contribution in [0.1, 0.15) is 11.6 Å². The van der Waals surface area contributed by atoms with Gasteiger partial charge in [-0.3, -0.25) is 0 Å². The van der Waals surface area contributed by atoms with Gasteiger partial charge in [0.15, 0.2) is 0 Å². The van der Waals surface area contributed by atoms with Crippen LogP contribution in [0.3, 0.4) is 0 Å². The van der Waals surface area contributed by atoms with Gasteiger partial charge in [-0.05, 0) is 25.2 Å². The largest absolute Gasteiger partial charge is 0.497 e. The van der Waals surface area contributed by atoms with Crippen LogP contribution in [0.15, 0.2) is 36.9 Å². The molecule has 1 N–H and O–H groups in total.